The predicted octanol–water partition coefficient (Wildman–Crippen LogP) is 0.602. The Bertz CT molecular complexity index is 1090. The van der Waals surface area contributed by atoms with E-state index < -0.39 is 36.6 Å². The van der Waals surface area contributed by atoms with E-state index in [-0.39, 0.29) is 0 Å². The molecule has 0 spiro atoms. The molecule has 10 nitrogen and oxygen atoms in total. The van der Waals surface area contributed by atoms with Crippen molar-refractivity contribution < 1.29 is 14.4 Å². The molecule has 2 aliphatic rings. The van der Waals surface area contributed by atoms with Gasteiger partial charge < -0.3 is 15.5 Å². The summed E-state index contributed by atoms with van der Waals surface area (Å²) in [6.07, 6.45) is -0.728. The van der Waals surface area contributed by atoms with Gasteiger partial charge in [-0.05, 0) is 32.4 Å². The number of benzene rings is 1. The van der Waals surface area contributed by atoms with Crippen molar-refractivity contribution in [3.63, 3.8) is 0 Å². The Balaban J connectivity index is 1.78. The van der Waals surface area contributed by atoms with Crippen LogP contribution in [0.2, 0.25) is 0 Å². The molecule has 4 amide bonds. The number of hydrogen-bond donors (Lipinski definition) is 1. The number of imide groups is 1. The molecule has 31 heavy (non-hydrogen) atoms. The third-order valence-electron chi connectivity index (χ3n) is 5.56. The molecule has 1 saturated heterocycles. The van der Waals surface area contributed by atoms with Crippen molar-refractivity contribution in [2.24, 2.45) is 10.7 Å². The van der Waals surface area contributed by atoms with Crippen LogP contribution in [0.3, 0.4) is 0 Å². The first-order chi connectivity index (χ1) is 14.7. The number of fused-ring (bicyclic) bond motifs is 1. The Hall–Kier alpha value is -3.69. The lowest BCUT2D eigenvalue weighted by Crippen LogP contribution is -2.66. The van der Waals surface area contributed by atoms with Gasteiger partial charge in [-0.1, -0.05) is 29.8 Å². The van der Waals surface area contributed by atoms with E-state index in [0.29, 0.717) is 12.5 Å². The van der Waals surface area contributed by atoms with Gasteiger partial charge in [0, 0.05) is 19.3 Å². The van der Waals surface area contributed by atoms with Crippen LogP contribution in [-0.2, 0) is 16.1 Å². The number of carbonyl (C=O) groups is 3. The lowest BCUT2D eigenvalue weighted by molar-refractivity contribution is -0.140. The van der Waals surface area contributed by atoms with Gasteiger partial charge in [-0.3, -0.25) is 14.5 Å². The zero-order chi connectivity index (χ0) is 22.4. The molecular formula is C21H25N7O3. The van der Waals surface area contributed by atoms with Gasteiger partial charge in [0.25, 0.3) is 5.91 Å². The topological polar surface area (TPSA) is 117 Å². The highest BCUT2D eigenvalue weighted by Gasteiger charge is 2.53. The number of carbonyl (C=O) groups excluding carboxylic acids is 3. The summed E-state index contributed by atoms with van der Waals surface area (Å²) in [5.41, 5.74) is 9.07. The van der Waals surface area contributed by atoms with Crippen LogP contribution in [0.1, 0.15) is 22.5 Å². The van der Waals surface area contributed by atoms with E-state index in [2.05, 4.69) is 5.10 Å². The summed E-state index contributed by atoms with van der Waals surface area (Å²) < 4.78 is 1.69. The second kappa shape index (κ2) is 7.53. The SMILES string of the molecule is Cc1ccc(CN2C(n3nc(C)cc3C)=NC3C2C(=O)N(CC(N)=O)C(=O)N3C)cc1. The van der Waals surface area contributed by atoms with Crippen LogP contribution in [-0.4, -0.2) is 74.1 Å². The lowest BCUT2D eigenvalue weighted by Gasteiger charge is -2.40. The van der Waals surface area contributed by atoms with Gasteiger partial charge in [-0.25, -0.2) is 14.5 Å². The van der Waals surface area contributed by atoms with Crippen LogP contribution in [0.4, 0.5) is 4.79 Å². The summed E-state index contributed by atoms with van der Waals surface area (Å²) in [5, 5.41) is 4.53. The van der Waals surface area contributed by atoms with E-state index in [1.807, 2.05) is 56.0 Å². The predicted molar refractivity (Wildman–Crippen MR) is 113 cm³/mol. The van der Waals surface area contributed by atoms with Crippen LogP contribution in [0.15, 0.2) is 35.3 Å². The van der Waals surface area contributed by atoms with Crippen molar-refractivity contribution in [2.75, 3.05) is 13.6 Å². The number of nitrogens with two attached hydrogens (primary N) is 1. The molecule has 2 aromatic rings. The minimum Gasteiger partial charge on any atom is -0.368 e. The molecule has 1 aromatic carbocycles. The van der Waals surface area contributed by atoms with Gasteiger partial charge in [0.1, 0.15) is 6.54 Å². The van der Waals surface area contributed by atoms with E-state index in [4.69, 9.17) is 10.7 Å². The number of amides is 4. The fourth-order valence-electron chi connectivity index (χ4n) is 4.03. The third kappa shape index (κ3) is 3.54. The first-order valence-electron chi connectivity index (χ1n) is 9.97. The summed E-state index contributed by atoms with van der Waals surface area (Å²) >= 11 is 0. The number of aliphatic imine (C=N–C) groups is 1. The molecule has 2 unspecified atom stereocenters. The van der Waals surface area contributed by atoms with Crippen molar-refractivity contribution >= 4 is 23.8 Å². The number of hydrogen-bond acceptors (Lipinski definition) is 6. The smallest absolute Gasteiger partial charge is 0.328 e. The average molecular weight is 423 g/mol. The molecule has 2 aliphatic heterocycles. The molecule has 162 valence electrons. The molecule has 4 rings (SSSR count). The molecule has 2 N–H and O–H groups in total. The Labute approximate surface area is 179 Å². The largest absolute Gasteiger partial charge is 0.368 e. The quantitative estimate of drug-likeness (QED) is 0.773. The van der Waals surface area contributed by atoms with E-state index in [9.17, 15) is 14.4 Å². The van der Waals surface area contributed by atoms with E-state index >= 15 is 0 Å². The molecule has 0 radical (unpaired) electrons. The van der Waals surface area contributed by atoms with Crippen LogP contribution >= 0.6 is 0 Å². The fraction of sp³-hybridized carbons (Fsp3) is 0.381. The molecule has 0 aliphatic carbocycles. The third-order valence-corrected chi connectivity index (χ3v) is 5.56. The fourth-order valence-corrected chi connectivity index (χ4v) is 4.03. The highest BCUT2D eigenvalue weighted by atomic mass is 16.2. The normalized spacial score (nSPS) is 20.9. The van der Waals surface area contributed by atoms with Gasteiger partial charge in [0.2, 0.25) is 11.9 Å². The number of urea groups is 1. The zero-order valence-corrected chi connectivity index (χ0v) is 17.9. The summed E-state index contributed by atoms with van der Waals surface area (Å²) in [6.45, 7) is 5.71. The molecule has 3 heterocycles. The molecule has 0 saturated carbocycles. The highest BCUT2D eigenvalue weighted by molar-refractivity contribution is 6.05. The van der Waals surface area contributed by atoms with Crippen molar-refractivity contribution in [3.05, 3.63) is 52.8 Å². The maximum atomic E-state index is 13.3. The van der Waals surface area contributed by atoms with Gasteiger partial charge in [-0.2, -0.15) is 5.10 Å². The standard InChI is InChI=1S/C21H25N7O3/c1-12-5-7-15(8-6-12)10-26-17-18(23-20(26)28-14(3)9-13(2)24-28)25(4)21(31)27(19(17)30)11-16(22)29/h5-9,17-18H,10-11H2,1-4H3,(H2,22,29). The van der Waals surface area contributed by atoms with Gasteiger partial charge >= 0.3 is 6.03 Å². The molecular weight excluding hydrogens is 398 g/mol. The van der Waals surface area contributed by atoms with Crippen molar-refractivity contribution in [1.29, 1.82) is 0 Å². The molecule has 1 fully saturated rings. The van der Waals surface area contributed by atoms with Crippen LogP contribution in [0.25, 0.3) is 0 Å². The molecule has 0 bridgehead atoms. The maximum absolute atomic E-state index is 13.3. The first-order valence-corrected chi connectivity index (χ1v) is 9.97. The zero-order valence-electron chi connectivity index (χ0n) is 17.9. The molecule has 2 atom stereocenters. The number of rotatable bonds is 4. The number of primary amides is 1. The summed E-state index contributed by atoms with van der Waals surface area (Å²) in [5.74, 6) is -0.772. The molecule has 10 heteroatoms. The Morgan fingerprint density at radius 1 is 1.13 bits per heavy atom. The lowest BCUT2D eigenvalue weighted by atomic mass is 10.1. The van der Waals surface area contributed by atoms with Gasteiger partial charge in [-0.15, -0.1) is 0 Å². The summed E-state index contributed by atoms with van der Waals surface area (Å²) in [6, 6.07) is 8.52. The summed E-state index contributed by atoms with van der Waals surface area (Å²) in [7, 11) is 1.57. The average Bonchev–Trinajstić information content (AvgIpc) is 3.24. The van der Waals surface area contributed by atoms with E-state index in [1.54, 1.807) is 11.7 Å². The molecule has 1 aromatic heterocycles. The number of aromatic nitrogens is 2. The second-order valence-corrected chi connectivity index (χ2v) is 8.02. The minimum absolute atomic E-state index is 0.386. The van der Waals surface area contributed by atoms with Crippen LogP contribution in [0.5, 0.6) is 0 Å². The van der Waals surface area contributed by atoms with Crippen molar-refractivity contribution in [1.82, 2.24) is 24.5 Å². The second-order valence-electron chi connectivity index (χ2n) is 8.02. The van der Waals surface area contributed by atoms with E-state index in [0.717, 1.165) is 27.4 Å². The Morgan fingerprint density at radius 2 is 1.81 bits per heavy atom. The van der Waals surface area contributed by atoms with E-state index in [1.165, 1.54) is 4.90 Å². The maximum Gasteiger partial charge on any atom is 0.328 e. The summed E-state index contributed by atoms with van der Waals surface area (Å²) in [4.78, 5) is 46.4. The van der Waals surface area contributed by atoms with Gasteiger partial charge in [0.15, 0.2) is 12.2 Å². The van der Waals surface area contributed by atoms with Crippen molar-refractivity contribution in [2.45, 2.75) is 39.5 Å². The Kier molecular flexibility index (Phi) is 5.00. The van der Waals surface area contributed by atoms with Crippen LogP contribution in [0, 0.1) is 20.8 Å². The first kappa shape index (κ1) is 20.6. The highest BCUT2D eigenvalue weighted by Crippen LogP contribution is 2.30. The number of likely N-dealkylation sites (N-methyl/N-ethyl adjacent to an activating group) is 1. The Morgan fingerprint density at radius 3 is 2.39 bits per heavy atom. The number of nitrogens with zero attached hydrogens (tertiary/aromatic N) is 6. The minimum atomic E-state index is -0.790. The van der Waals surface area contributed by atoms with Gasteiger partial charge in [0.05, 0.1) is 5.69 Å². The van der Waals surface area contributed by atoms with Crippen molar-refractivity contribution in [3.8, 4) is 0 Å². The monoisotopic (exact) mass is 423 g/mol. The number of aryl methyl sites for hydroxylation is 3. The van der Waals surface area contributed by atoms with Crippen LogP contribution < -0.4 is 5.73 Å².